The summed E-state index contributed by atoms with van der Waals surface area (Å²) in [6.07, 6.45) is 2.63. The first-order chi connectivity index (χ1) is 6.88. The molecule has 0 unspecified atom stereocenters. The number of benzene rings is 1. The molecule has 3 nitrogen and oxygen atoms in total. The molecule has 0 radical (unpaired) electrons. The molecule has 0 aliphatic rings. The maximum atomic E-state index is 11.0. The van der Waals surface area contributed by atoms with Gasteiger partial charge in [-0.15, -0.1) is 0 Å². The van der Waals surface area contributed by atoms with Crippen molar-refractivity contribution >= 4 is 21.7 Å². The lowest BCUT2D eigenvalue weighted by Gasteiger charge is -1.96. The van der Waals surface area contributed by atoms with Crippen LogP contribution in [0, 0.1) is 0 Å². The molecule has 0 fully saturated rings. The molecule has 1 rings (SSSR count). The van der Waals surface area contributed by atoms with E-state index >= 15 is 0 Å². The van der Waals surface area contributed by atoms with Crippen LogP contribution >= 0.6 is 0 Å². The second kappa shape index (κ2) is 4.40. The largest absolute Gasteiger partial charge is 0.295 e. The van der Waals surface area contributed by atoms with Crippen LogP contribution in [-0.2, 0) is 9.84 Å². The molecular weight excluding hydrogens is 212 g/mol. The Labute approximate surface area is 89.4 Å². The van der Waals surface area contributed by atoms with Gasteiger partial charge in [0.2, 0.25) is 0 Å². The second-order valence-electron chi connectivity index (χ2n) is 3.31. The van der Waals surface area contributed by atoms with Crippen LogP contribution in [0.15, 0.2) is 29.7 Å². The number of hydrogen-bond donors (Lipinski definition) is 0. The molecule has 0 spiro atoms. The number of Topliss-reactive ketones (excluding diaryl/α,β-unsaturated/α-hetero) is 1. The van der Waals surface area contributed by atoms with Gasteiger partial charge in [0.15, 0.2) is 15.6 Å². The van der Waals surface area contributed by atoms with Crippen LogP contribution in [0.25, 0.3) is 6.08 Å². The van der Waals surface area contributed by atoms with E-state index in [2.05, 4.69) is 0 Å². The molecule has 0 amide bonds. The van der Waals surface area contributed by atoms with Crippen LogP contribution in [0.3, 0.4) is 0 Å². The Hall–Kier alpha value is -1.42. The number of carbonyl (C=O) groups is 1. The SMILES string of the molecule is CC(=O)c1ccc(/C=C/S(C)(=O)=O)cc1. The fraction of sp³-hybridized carbons (Fsp3) is 0.182. The Bertz CT molecular complexity index is 481. The van der Waals surface area contributed by atoms with E-state index in [0.717, 1.165) is 17.2 Å². The van der Waals surface area contributed by atoms with Crippen molar-refractivity contribution in [3.63, 3.8) is 0 Å². The smallest absolute Gasteiger partial charge is 0.168 e. The molecular formula is C11H12O3S. The fourth-order valence-electron chi connectivity index (χ4n) is 1.03. The van der Waals surface area contributed by atoms with Crippen molar-refractivity contribution in [1.29, 1.82) is 0 Å². The third kappa shape index (κ3) is 4.08. The summed E-state index contributed by atoms with van der Waals surface area (Å²) in [5.41, 5.74) is 1.37. The Balaban J connectivity index is 2.91. The van der Waals surface area contributed by atoms with Crippen molar-refractivity contribution in [2.75, 3.05) is 6.26 Å². The van der Waals surface area contributed by atoms with Gasteiger partial charge in [0.05, 0.1) is 0 Å². The summed E-state index contributed by atoms with van der Waals surface area (Å²) in [7, 11) is -3.10. The van der Waals surface area contributed by atoms with Crippen molar-refractivity contribution < 1.29 is 13.2 Å². The molecule has 80 valence electrons. The molecule has 0 bridgehead atoms. The van der Waals surface area contributed by atoms with Crippen molar-refractivity contribution in [1.82, 2.24) is 0 Å². The van der Waals surface area contributed by atoms with Gasteiger partial charge >= 0.3 is 0 Å². The van der Waals surface area contributed by atoms with Gasteiger partial charge in [-0.3, -0.25) is 4.79 Å². The Kier molecular flexibility index (Phi) is 3.42. The highest BCUT2D eigenvalue weighted by atomic mass is 32.2. The quantitative estimate of drug-likeness (QED) is 0.737. The maximum absolute atomic E-state index is 11.0. The molecule has 0 aromatic heterocycles. The van der Waals surface area contributed by atoms with E-state index in [0.29, 0.717) is 5.56 Å². The van der Waals surface area contributed by atoms with Crippen LogP contribution in [0.4, 0.5) is 0 Å². The minimum Gasteiger partial charge on any atom is -0.295 e. The van der Waals surface area contributed by atoms with E-state index in [1.165, 1.54) is 13.0 Å². The molecule has 15 heavy (non-hydrogen) atoms. The molecule has 0 saturated heterocycles. The lowest BCUT2D eigenvalue weighted by molar-refractivity contribution is 0.101. The van der Waals surface area contributed by atoms with Crippen LogP contribution in [0.5, 0.6) is 0 Å². The normalized spacial score (nSPS) is 11.9. The summed E-state index contributed by atoms with van der Waals surface area (Å²) < 4.78 is 21.7. The zero-order valence-electron chi connectivity index (χ0n) is 8.60. The molecule has 0 saturated carbocycles. The van der Waals surface area contributed by atoms with Crippen molar-refractivity contribution in [2.24, 2.45) is 0 Å². The average molecular weight is 224 g/mol. The number of ketones is 1. The summed E-state index contributed by atoms with van der Waals surface area (Å²) in [4.78, 5) is 11.0. The Morgan fingerprint density at radius 1 is 1.20 bits per heavy atom. The number of rotatable bonds is 3. The predicted octanol–water partition coefficient (Wildman–Crippen LogP) is 1.90. The van der Waals surface area contributed by atoms with Gasteiger partial charge in [-0.25, -0.2) is 8.42 Å². The highest BCUT2D eigenvalue weighted by Crippen LogP contribution is 2.07. The average Bonchev–Trinajstić information content (AvgIpc) is 2.14. The zero-order chi connectivity index (χ0) is 11.5. The minimum absolute atomic E-state index is 0.00589. The molecule has 1 aromatic rings. The van der Waals surface area contributed by atoms with Gasteiger partial charge in [0.25, 0.3) is 0 Å². The summed E-state index contributed by atoms with van der Waals surface area (Å²) in [5, 5.41) is 1.13. The van der Waals surface area contributed by atoms with Gasteiger partial charge in [0.1, 0.15) is 0 Å². The number of hydrogen-bond acceptors (Lipinski definition) is 3. The highest BCUT2D eigenvalue weighted by molar-refractivity contribution is 7.93. The van der Waals surface area contributed by atoms with Crippen LogP contribution in [0.2, 0.25) is 0 Å². The lowest BCUT2D eigenvalue weighted by atomic mass is 10.1. The Morgan fingerprint density at radius 3 is 2.13 bits per heavy atom. The lowest BCUT2D eigenvalue weighted by Crippen LogP contribution is -1.91. The van der Waals surface area contributed by atoms with E-state index < -0.39 is 9.84 Å². The molecule has 0 aliphatic heterocycles. The van der Waals surface area contributed by atoms with E-state index in [9.17, 15) is 13.2 Å². The number of carbonyl (C=O) groups excluding carboxylic acids is 1. The standard InChI is InChI=1S/C11H12O3S/c1-9(12)11-5-3-10(4-6-11)7-8-15(2,13)14/h3-8H,1-2H3/b8-7+. The first kappa shape index (κ1) is 11.7. The molecule has 0 aliphatic carbocycles. The molecule has 1 aromatic carbocycles. The molecule has 0 heterocycles. The van der Waals surface area contributed by atoms with E-state index in [-0.39, 0.29) is 5.78 Å². The molecule has 0 atom stereocenters. The summed E-state index contributed by atoms with van der Waals surface area (Å²) in [5.74, 6) is -0.00589. The van der Waals surface area contributed by atoms with E-state index in [4.69, 9.17) is 0 Å². The number of sulfone groups is 1. The second-order valence-corrected chi connectivity index (χ2v) is 5.24. The third-order valence-corrected chi connectivity index (χ3v) is 2.46. The first-order valence-corrected chi connectivity index (χ1v) is 6.33. The monoisotopic (exact) mass is 224 g/mol. The maximum Gasteiger partial charge on any atom is 0.168 e. The van der Waals surface area contributed by atoms with Gasteiger partial charge < -0.3 is 0 Å². The van der Waals surface area contributed by atoms with Gasteiger partial charge in [-0.2, -0.15) is 0 Å². The summed E-state index contributed by atoms with van der Waals surface area (Å²) in [6, 6.07) is 6.76. The third-order valence-electron chi connectivity index (χ3n) is 1.82. The van der Waals surface area contributed by atoms with Gasteiger partial charge in [0, 0.05) is 17.2 Å². The minimum atomic E-state index is -3.10. The topological polar surface area (TPSA) is 51.2 Å². The van der Waals surface area contributed by atoms with E-state index in [1.807, 2.05) is 0 Å². The zero-order valence-corrected chi connectivity index (χ0v) is 9.41. The summed E-state index contributed by atoms with van der Waals surface area (Å²) >= 11 is 0. The first-order valence-electron chi connectivity index (χ1n) is 4.37. The van der Waals surface area contributed by atoms with Crippen LogP contribution in [-0.4, -0.2) is 20.5 Å². The van der Waals surface area contributed by atoms with Gasteiger partial charge in [-0.05, 0) is 18.6 Å². The molecule has 4 heteroatoms. The highest BCUT2D eigenvalue weighted by Gasteiger charge is 1.98. The van der Waals surface area contributed by atoms with Crippen LogP contribution in [0.1, 0.15) is 22.8 Å². The molecule has 0 N–H and O–H groups in total. The van der Waals surface area contributed by atoms with Gasteiger partial charge in [-0.1, -0.05) is 24.3 Å². The predicted molar refractivity (Wildman–Crippen MR) is 60.3 cm³/mol. The summed E-state index contributed by atoms with van der Waals surface area (Å²) in [6.45, 7) is 1.49. The van der Waals surface area contributed by atoms with Crippen molar-refractivity contribution in [2.45, 2.75) is 6.92 Å². The Morgan fingerprint density at radius 2 is 1.73 bits per heavy atom. The van der Waals surface area contributed by atoms with Crippen molar-refractivity contribution in [3.05, 3.63) is 40.8 Å². The van der Waals surface area contributed by atoms with Crippen LogP contribution < -0.4 is 0 Å². The fourth-order valence-corrected chi connectivity index (χ4v) is 1.44. The van der Waals surface area contributed by atoms with Crippen molar-refractivity contribution in [3.8, 4) is 0 Å². The van der Waals surface area contributed by atoms with E-state index in [1.54, 1.807) is 24.3 Å².